The Balaban J connectivity index is 1.53. The molecular formula is C21H21FN2O4. The van der Waals surface area contributed by atoms with Crippen molar-refractivity contribution in [2.45, 2.75) is 25.8 Å². The number of aryl methyl sites for hydroxylation is 1. The SMILES string of the molecule is CC1CCc2ccccc2N1C(=O)COC(=O)CNC(=O)c1ccccc1F. The third-order valence-corrected chi connectivity index (χ3v) is 4.66. The molecule has 2 aromatic rings. The van der Waals surface area contributed by atoms with E-state index in [0.717, 1.165) is 30.2 Å². The fourth-order valence-corrected chi connectivity index (χ4v) is 3.22. The molecule has 3 rings (SSSR count). The van der Waals surface area contributed by atoms with Crippen LogP contribution in [0.25, 0.3) is 0 Å². The largest absolute Gasteiger partial charge is 0.454 e. The zero-order chi connectivity index (χ0) is 20.1. The summed E-state index contributed by atoms with van der Waals surface area (Å²) in [6, 6.07) is 13.1. The van der Waals surface area contributed by atoms with E-state index in [4.69, 9.17) is 4.74 Å². The second-order valence-corrected chi connectivity index (χ2v) is 6.60. The summed E-state index contributed by atoms with van der Waals surface area (Å²) in [7, 11) is 0. The van der Waals surface area contributed by atoms with Gasteiger partial charge in [0, 0.05) is 11.7 Å². The van der Waals surface area contributed by atoms with Crippen molar-refractivity contribution in [2.75, 3.05) is 18.1 Å². The van der Waals surface area contributed by atoms with Crippen molar-refractivity contribution >= 4 is 23.5 Å². The number of esters is 1. The van der Waals surface area contributed by atoms with E-state index in [1.165, 1.54) is 18.2 Å². The number of halogens is 1. The number of fused-ring (bicyclic) bond motifs is 1. The van der Waals surface area contributed by atoms with E-state index in [0.29, 0.717) is 0 Å². The first-order valence-electron chi connectivity index (χ1n) is 9.05. The summed E-state index contributed by atoms with van der Waals surface area (Å²) in [6.07, 6.45) is 1.72. The monoisotopic (exact) mass is 384 g/mol. The number of carbonyl (C=O) groups is 3. The van der Waals surface area contributed by atoms with Gasteiger partial charge in [0.05, 0.1) is 5.56 Å². The molecular weight excluding hydrogens is 363 g/mol. The second-order valence-electron chi connectivity index (χ2n) is 6.60. The van der Waals surface area contributed by atoms with E-state index < -0.39 is 30.8 Å². The van der Waals surface area contributed by atoms with E-state index in [1.807, 2.05) is 31.2 Å². The third-order valence-electron chi connectivity index (χ3n) is 4.66. The summed E-state index contributed by atoms with van der Waals surface area (Å²) in [5.41, 5.74) is 1.75. The molecule has 2 amide bonds. The number of anilines is 1. The van der Waals surface area contributed by atoms with Crippen LogP contribution in [0.1, 0.15) is 29.3 Å². The van der Waals surface area contributed by atoms with E-state index in [9.17, 15) is 18.8 Å². The van der Waals surface area contributed by atoms with Crippen molar-refractivity contribution in [1.29, 1.82) is 0 Å². The van der Waals surface area contributed by atoms with E-state index in [1.54, 1.807) is 4.90 Å². The van der Waals surface area contributed by atoms with Gasteiger partial charge in [0.2, 0.25) is 0 Å². The number of hydrogen-bond acceptors (Lipinski definition) is 4. The molecule has 2 aromatic carbocycles. The van der Waals surface area contributed by atoms with E-state index in [2.05, 4.69) is 5.32 Å². The standard InChI is InChI=1S/C21H21FN2O4/c1-14-10-11-15-6-2-5-9-18(15)24(14)19(25)13-28-20(26)12-23-21(27)16-7-3-4-8-17(16)22/h2-9,14H,10-13H2,1H3,(H,23,27). The van der Waals surface area contributed by atoms with Gasteiger partial charge in [0.25, 0.3) is 11.8 Å². The van der Waals surface area contributed by atoms with Gasteiger partial charge < -0.3 is 15.0 Å². The number of nitrogens with zero attached hydrogens (tertiary/aromatic N) is 1. The maximum atomic E-state index is 13.6. The van der Waals surface area contributed by atoms with Crippen LogP contribution in [-0.2, 0) is 20.7 Å². The number of ether oxygens (including phenoxy) is 1. The molecule has 1 N–H and O–H groups in total. The summed E-state index contributed by atoms with van der Waals surface area (Å²) < 4.78 is 18.6. The average molecular weight is 384 g/mol. The van der Waals surface area contributed by atoms with Crippen molar-refractivity contribution in [3.8, 4) is 0 Å². The molecule has 0 aromatic heterocycles. The molecule has 0 aliphatic carbocycles. The molecule has 1 aliphatic heterocycles. The number of carbonyl (C=O) groups excluding carboxylic acids is 3. The van der Waals surface area contributed by atoms with Gasteiger partial charge in [-0.3, -0.25) is 14.4 Å². The van der Waals surface area contributed by atoms with E-state index in [-0.39, 0.29) is 17.5 Å². The first-order chi connectivity index (χ1) is 13.5. The quantitative estimate of drug-likeness (QED) is 0.804. The molecule has 28 heavy (non-hydrogen) atoms. The van der Waals surface area contributed by atoms with Crippen LogP contribution in [0.2, 0.25) is 0 Å². The summed E-state index contributed by atoms with van der Waals surface area (Å²) in [4.78, 5) is 38.0. The van der Waals surface area contributed by atoms with Crippen molar-refractivity contribution < 1.29 is 23.5 Å². The number of hydrogen-bond donors (Lipinski definition) is 1. The normalized spacial score (nSPS) is 15.5. The molecule has 146 valence electrons. The van der Waals surface area contributed by atoms with Gasteiger partial charge in [-0.1, -0.05) is 30.3 Å². The van der Waals surface area contributed by atoms with Crippen molar-refractivity contribution in [3.05, 3.63) is 65.5 Å². The maximum absolute atomic E-state index is 13.6. The zero-order valence-electron chi connectivity index (χ0n) is 15.5. The van der Waals surface area contributed by atoms with Crippen LogP contribution in [0.4, 0.5) is 10.1 Å². The van der Waals surface area contributed by atoms with Gasteiger partial charge in [-0.2, -0.15) is 0 Å². The highest BCUT2D eigenvalue weighted by atomic mass is 19.1. The van der Waals surface area contributed by atoms with Gasteiger partial charge in [0.1, 0.15) is 12.4 Å². The van der Waals surface area contributed by atoms with Gasteiger partial charge in [-0.15, -0.1) is 0 Å². The van der Waals surface area contributed by atoms with Crippen LogP contribution in [-0.4, -0.2) is 37.0 Å². The lowest BCUT2D eigenvalue weighted by molar-refractivity contribution is -0.146. The Labute approximate surface area is 162 Å². The molecule has 0 bridgehead atoms. The summed E-state index contributed by atoms with van der Waals surface area (Å²) in [5, 5.41) is 2.29. The molecule has 1 heterocycles. The minimum absolute atomic E-state index is 0.00172. The Morgan fingerprint density at radius 2 is 1.86 bits per heavy atom. The molecule has 1 aliphatic rings. The van der Waals surface area contributed by atoms with Gasteiger partial charge in [0.15, 0.2) is 6.61 Å². The summed E-state index contributed by atoms with van der Waals surface area (Å²) in [6.45, 7) is 1.07. The number of amides is 2. The van der Waals surface area contributed by atoms with Gasteiger partial charge >= 0.3 is 5.97 Å². The molecule has 1 unspecified atom stereocenters. The third kappa shape index (κ3) is 4.36. The van der Waals surface area contributed by atoms with Crippen molar-refractivity contribution in [3.63, 3.8) is 0 Å². The van der Waals surface area contributed by atoms with Crippen LogP contribution in [0.5, 0.6) is 0 Å². The fourth-order valence-electron chi connectivity index (χ4n) is 3.22. The molecule has 0 spiro atoms. The molecule has 0 radical (unpaired) electrons. The average Bonchev–Trinajstić information content (AvgIpc) is 2.70. The minimum Gasteiger partial charge on any atom is -0.454 e. The Kier molecular flexibility index (Phi) is 6.03. The maximum Gasteiger partial charge on any atom is 0.325 e. The Hall–Kier alpha value is -3.22. The Morgan fingerprint density at radius 3 is 2.64 bits per heavy atom. The summed E-state index contributed by atoms with van der Waals surface area (Å²) in [5.74, 6) is -2.49. The number of para-hydroxylation sites is 1. The molecule has 7 heteroatoms. The molecule has 0 saturated heterocycles. The predicted octanol–water partition coefficient (Wildman–Crippen LogP) is 2.47. The lowest BCUT2D eigenvalue weighted by atomic mass is 9.96. The second kappa shape index (κ2) is 8.65. The van der Waals surface area contributed by atoms with Crippen LogP contribution in [0.15, 0.2) is 48.5 Å². The minimum atomic E-state index is -0.768. The van der Waals surface area contributed by atoms with Crippen molar-refractivity contribution in [1.82, 2.24) is 5.32 Å². The van der Waals surface area contributed by atoms with Gasteiger partial charge in [-0.25, -0.2) is 4.39 Å². The lowest BCUT2D eigenvalue weighted by Gasteiger charge is -2.35. The van der Waals surface area contributed by atoms with Crippen LogP contribution in [0, 0.1) is 5.82 Å². The Bertz CT molecular complexity index is 899. The Morgan fingerprint density at radius 1 is 1.14 bits per heavy atom. The highest BCUT2D eigenvalue weighted by Gasteiger charge is 2.28. The van der Waals surface area contributed by atoms with Crippen LogP contribution < -0.4 is 10.2 Å². The fraction of sp³-hybridized carbons (Fsp3) is 0.286. The summed E-state index contributed by atoms with van der Waals surface area (Å²) >= 11 is 0. The number of rotatable bonds is 5. The lowest BCUT2D eigenvalue weighted by Crippen LogP contribution is -2.44. The van der Waals surface area contributed by atoms with Gasteiger partial charge in [-0.05, 0) is 43.5 Å². The smallest absolute Gasteiger partial charge is 0.325 e. The van der Waals surface area contributed by atoms with Crippen LogP contribution in [0.3, 0.4) is 0 Å². The highest BCUT2D eigenvalue weighted by molar-refractivity contribution is 5.98. The molecule has 0 fully saturated rings. The van der Waals surface area contributed by atoms with Crippen LogP contribution >= 0.6 is 0 Å². The molecule has 6 nitrogen and oxygen atoms in total. The highest BCUT2D eigenvalue weighted by Crippen LogP contribution is 2.30. The van der Waals surface area contributed by atoms with E-state index >= 15 is 0 Å². The number of nitrogens with one attached hydrogen (secondary N) is 1. The number of benzene rings is 2. The van der Waals surface area contributed by atoms with Crippen molar-refractivity contribution in [2.24, 2.45) is 0 Å². The molecule has 0 saturated carbocycles. The first kappa shape index (κ1) is 19.5. The predicted molar refractivity (Wildman–Crippen MR) is 101 cm³/mol. The zero-order valence-corrected chi connectivity index (χ0v) is 15.5. The topological polar surface area (TPSA) is 75.7 Å². The first-order valence-corrected chi connectivity index (χ1v) is 9.05. The molecule has 1 atom stereocenters.